The van der Waals surface area contributed by atoms with Crippen LogP contribution in [0.3, 0.4) is 0 Å². The van der Waals surface area contributed by atoms with E-state index in [0.717, 1.165) is 37.0 Å². The highest BCUT2D eigenvalue weighted by Gasteiger charge is 2.25. The van der Waals surface area contributed by atoms with Crippen molar-refractivity contribution in [2.24, 2.45) is 0 Å². The fourth-order valence-electron chi connectivity index (χ4n) is 7.76. The first-order valence-corrected chi connectivity index (χ1v) is 26.2. The molecule has 0 aromatic heterocycles. The number of hydrogen-bond acceptors (Lipinski definition) is 12. The molecule has 75 heavy (non-hydrogen) atoms. The molecule has 2 amide bonds. The minimum atomic E-state index is -0.670. The molecular weight excluding hydrogens is 951 g/mol. The van der Waals surface area contributed by atoms with Crippen molar-refractivity contribution in [3.8, 4) is 34.5 Å². The summed E-state index contributed by atoms with van der Waals surface area (Å²) >= 11 is 0. The van der Waals surface area contributed by atoms with Crippen LogP contribution in [0.15, 0.2) is 146 Å². The van der Waals surface area contributed by atoms with Crippen molar-refractivity contribution in [3.63, 3.8) is 0 Å². The topological polar surface area (TPSA) is 161 Å². The number of carbonyl (C=O) groups is 6. The molecule has 6 aromatic carbocycles. The maximum absolute atomic E-state index is 13.8. The second kappa shape index (κ2) is 30.2. The lowest BCUT2D eigenvalue weighted by atomic mass is 10.1. The van der Waals surface area contributed by atoms with E-state index in [1.807, 2.05) is 6.92 Å². The molecule has 392 valence electrons. The van der Waals surface area contributed by atoms with Gasteiger partial charge in [-0.1, -0.05) is 91.4 Å². The molecule has 0 aliphatic heterocycles. The lowest BCUT2D eigenvalue weighted by Gasteiger charge is -2.21. The van der Waals surface area contributed by atoms with Crippen LogP contribution in [-0.2, 0) is 0 Å². The van der Waals surface area contributed by atoms with Gasteiger partial charge in [0, 0.05) is 17.7 Å². The van der Waals surface area contributed by atoms with Crippen LogP contribution in [-0.4, -0.2) is 60.4 Å². The average molecular weight is 1020 g/mol. The summed E-state index contributed by atoms with van der Waals surface area (Å²) in [7, 11) is 0. The third-order valence-corrected chi connectivity index (χ3v) is 12.2. The molecule has 0 atom stereocenters. The van der Waals surface area contributed by atoms with Gasteiger partial charge in [0.25, 0.3) is 11.8 Å². The van der Waals surface area contributed by atoms with Crippen LogP contribution in [0, 0.1) is 0 Å². The summed E-state index contributed by atoms with van der Waals surface area (Å²) in [5.41, 5.74) is 1.51. The Kier molecular flexibility index (Phi) is 22.7. The van der Waals surface area contributed by atoms with Gasteiger partial charge in [-0.2, -0.15) is 0 Å². The van der Waals surface area contributed by atoms with Gasteiger partial charge in [-0.05, 0) is 165 Å². The molecule has 0 unspecified atom stereocenters. The molecule has 0 saturated carbocycles. The van der Waals surface area contributed by atoms with Crippen molar-refractivity contribution in [1.82, 2.24) is 4.90 Å². The normalized spacial score (nSPS) is 10.8. The molecule has 13 heteroatoms. The summed E-state index contributed by atoms with van der Waals surface area (Å²) in [6, 6.07) is 37.2. The van der Waals surface area contributed by atoms with Crippen molar-refractivity contribution in [2.45, 2.75) is 111 Å². The summed E-state index contributed by atoms with van der Waals surface area (Å²) < 4.78 is 33.7. The number of nitrogens with zero attached hydrogens (tertiary/aromatic N) is 1. The second-order valence-electron chi connectivity index (χ2n) is 18.1. The van der Waals surface area contributed by atoms with Crippen LogP contribution < -0.4 is 28.4 Å². The third kappa shape index (κ3) is 18.1. The van der Waals surface area contributed by atoms with Crippen LogP contribution in [0.4, 0.5) is 0 Å². The van der Waals surface area contributed by atoms with E-state index in [0.29, 0.717) is 42.3 Å². The summed E-state index contributed by atoms with van der Waals surface area (Å²) in [6.07, 6.45) is 15.3. The first-order valence-electron chi connectivity index (χ1n) is 26.2. The van der Waals surface area contributed by atoms with E-state index in [2.05, 4.69) is 13.8 Å². The average Bonchev–Trinajstić information content (AvgIpc) is 3.43. The zero-order chi connectivity index (χ0) is 53.2. The number of imide groups is 1. The highest BCUT2D eigenvalue weighted by Crippen LogP contribution is 2.24. The molecule has 0 heterocycles. The van der Waals surface area contributed by atoms with Crippen LogP contribution in [0.1, 0.15) is 173 Å². The molecular formula is C62H67NO12. The summed E-state index contributed by atoms with van der Waals surface area (Å²) in [6.45, 7) is 7.73. The van der Waals surface area contributed by atoms with Gasteiger partial charge in [0.05, 0.1) is 35.5 Å². The van der Waals surface area contributed by atoms with Gasteiger partial charge in [0.15, 0.2) is 0 Å². The zero-order valence-electron chi connectivity index (χ0n) is 43.2. The van der Waals surface area contributed by atoms with Crippen LogP contribution in [0.2, 0.25) is 0 Å². The van der Waals surface area contributed by atoms with Crippen molar-refractivity contribution >= 4 is 35.7 Å². The second-order valence-corrected chi connectivity index (χ2v) is 18.1. The Labute approximate surface area is 440 Å². The van der Waals surface area contributed by atoms with Crippen LogP contribution >= 0.6 is 0 Å². The minimum absolute atomic E-state index is 0.152. The fourth-order valence-corrected chi connectivity index (χ4v) is 7.76. The number of esters is 4. The number of rotatable bonds is 29. The maximum atomic E-state index is 13.8. The van der Waals surface area contributed by atoms with Crippen molar-refractivity contribution in [1.29, 1.82) is 0 Å². The van der Waals surface area contributed by atoms with Gasteiger partial charge in [-0.3, -0.25) is 14.5 Å². The van der Waals surface area contributed by atoms with Crippen molar-refractivity contribution < 1.29 is 57.2 Å². The van der Waals surface area contributed by atoms with E-state index in [4.69, 9.17) is 28.4 Å². The van der Waals surface area contributed by atoms with E-state index in [9.17, 15) is 28.8 Å². The molecule has 0 bridgehead atoms. The molecule has 0 N–H and O–H groups in total. The molecule has 0 aliphatic rings. The van der Waals surface area contributed by atoms with E-state index in [1.165, 1.54) is 148 Å². The van der Waals surface area contributed by atoms with E-state index in [1.54, 1.807) is 48.5 Å². The van der Waals surface area contributed by atoms with E-state index < -0.39 is 35.7 Å². The lowest BCUT2D eigenvalue weighted by molar-refractivity contribution is 0.0611. The number of hydrogen-bond donors (Lipinski definition) is 0. The Hall–Kier alpha value is -8.06. The zero-order valence-corrected chi connectivity index (χ0v) is 43.2. The largest absolute Gasteiger partial charge is 0.494 e. The Balaban J connectivity index is 0.946. The summed E-state index contributed by atoms with van der Waals surface area (Å²) in [5, 5.41) is 0. The maximum Gasteiger partial charge on any atom is 0.343 e. The number of unbranched alkanes of at least 4 members (excludes halogenated alkanes) is 11. The number of benzene rings is 6. The number of amides is 2. The Morgan fingerprint density at radius 3 is 0.813 bits per heavy atom. The monoisotopic (exact) mass is 1020 g/mol. The number of ether oxygens (including phenoxy) is 6. The fraction of sp³-hybridized carbons (Fsp3) is 0.323. The minimum Gasteiger partial charge on any atom is -0.494 e. The van der Waals surface area contributed by atoms with Gasteiger partial charge in [-0.25, -0.2) is 19.2 Å². The van der Waals surface area contributed by atoms with Crippen molar-refractivity contribution in [3.05, 3.63) is 179 Å². The van der Waals surface area contributed by atoms with Crippen LogP contribution in [0.25, 0.3) is 0 Å². The van der Waals surface area contributed by atoms with E-state index >= 15 is 0 Å². The summed E-state index contributed by atoms with van der Waals surface area (Å²) in [5.74, 6) is -1.35. The lowest BCUT2D eigenvalue weighted by Crippen LogP contribution is -2.37. The Morgan fingerprint density at radius 2 is 0.533 bits per heavy atom. The van der Waals surface area contributed by atoms with Gasteiger partial charge in [-0.15, -0.1) is 0 Å². The Morgan fingerprint density at radius 1 is 0.293 bits per heavy atom. The Bertz CT molecular complexity index is 2560. The standard InChI is InChI=1S/C62H67NO12/c1-4-7-10-12-14-16-43-70-51-30-22-47(23-31-51)59(66)74-55-38-26-49(27-39-55)61(68)72-53-34-18-45(19-35-53)57(64)63(42-9-6-3)58(65)46-20-36-54(37-21-46)73-62(69)50-28-40-56(41-29-50)75-60(67)48-24-32-52(33-25-48)71-44-17-15-13-11-8-5-2/h18-41H,4-17,42-44H2,1-3H3. The molecule has 0 fully saturated rings. The highest BCUT2D eigenvalue weighted by atomic mass is 16.5. The summed E-state index contributed by atoms with van der Waals surface area (Å²) in [4.78, 5) is 80.4. The van der Waals surface area contributed by atoms with E-state index in [-0.39, 0.29) is 51.8 Å². The quantitative estimate of drug-likeness (QED) is 0.0189. The molecule has 13 nitrogen and oxygen atoms in total. The highest BCUT2D eigenvalue weighted by molar-refractivity contribution is 6.10. The SMILES string of the molecule is CCCCCCCCOc1ccc(C(=O)Oc2ccc(C(=O)Oc3ccc(C(=O)N(CCCC)C(=O)c4ccc(OC(=O)c5ccc(OC(=O)c6ccc(OCCCCCCCC)cc6)cc5)cc4)cc3)cc2)cc1. The van der Waals surface area contributed by atoms with Gasteiger partial charge in [0.1, 0.15) is 34.5 Å². The van der Waals surface area contributed by atoms with Gasteiger partial charge < -0.3 is 28.4 Å². The molecule has 0 aliphatic carbocycles. The van der Waals surface area contributed by atoms with Crippen molar-refractivity contribution in [2.75, 3.05) is 19.8 Å². The predicted octanol–water partition coefficient (Wildman–Crippen LogP) is 14.1. The smallest absolute Gasteiger partial charge is 0.343 e. The third-order valence-electron chi connectivity index (χ3n) is 12.2. The van der Waals surface area contributed by atoms with Gasteiger partial charge >= 0.3 is 23.9 Å². The molecule has 0 radical (unpaired) electrons. The first-order chi connectivity index (χ1) is 36.5. The van der Waals surface area contributed by atoms with Crippen LogP contribution in [0.5, 0.6) is 34.5 Å². The molecule has 6 aromatic rings. The first kappa shape index (κ1) is 56.2. The number of carbonyl (C=O) groups excluding carboxylic acids is 6. The predicted molar refractivity (Wildman–Crippen MR) is 287 cm³/mol. The van der Waals surface area contributed by atoms with Gasteiger partial charge in [0.2, 0.25) is 0 Å². The molecule has 0 saturated heterocycles. The molecule has 0 spiro atoms. The molecule has 6 rings (SSSR count).